The molecule has 29 heteroatoms. The van der Waals surface area contributed by atoms with Gasteiger partial charge in [-0.25, -0.2) is 9.97 Å². The minimum atomic E-state index is -1.30. The van der Waals surface area contributed by atoms with Crippen LogP contribution >= 0.6 is 12.4 Å². The van der Waals surface area contributed by atoms with E-state index in [9.17, 15) is 0 Å². The molecule has 0 aromatic carbocycles. The number of piperazine rings is 2. The smallest absolute Gasteiger partial charge is 0.129 e. The van der Waals surface area contributed by atoms with Crippen LogP contribution in [0.15, 0.2) is 36.7 Å². The summed E-state index contributed by atoms with van der Waals surface area (Å²) in [7, 11) is 31.3. The normalized spacial score (nSPS) is 19.2. The third kappa shape index (κ3) is 22.7. The highest BCUT2D eigenvalue weighted by atomic mass is 35.5. The molecule has 6 rings (SSSR count). The van der Waals surface area contributed by atoms with Crippen molar-refractivity contribution < 1.29 is 0 Å². The van der Waals surface area contributed by atoms with E-state index in [1.165, 1.54) is 50.0 Å². The van der Waals surface area contributed by atoms with Crippen molar-refractivity contribution in [3.8, 4) is 23.8 Å². The molecule has 0 saturated carbocycles. The maximum Gasteiger partial charge on any atom is 0.129 e. The Balaban J connectivity index is 0.000000239. The van der Waals surface area contributed by atoms with Crippen LogP contribution in [0.5, 0.6) is 0 Å². The van der Waals surface area contributed by atoms with Gasteiger partial charge >= 0.3 is 0 Å². The predicted molar refractivity (Wildman–Crippen MR) is 322 cm³/mol. The lowest BCUT2D eigenvalue weighted by Gasteiger charge is -2.41. The zero-order chi connectivity index (χ0) is 42.1. The van der Waals surface area contributed by atoms with E-state index >= 15 is 0 Å². The molecule has 0 spiro atoms. The second kappa shape index (κ2) is 33.5. The molecule has 0 radical (unpaired) electrons. The van der Waals surface area contributed by atoms with E-state index in [1.54, 1.807) is 157 Å². The number of likely N-dealkylation sites (N-methyl/N-ethyl adjacent to an activating group) is 1. The first-order valence-electron chi connectivity index (χ1n) is 17.6. The number of pyridine rings is 2. The molecule has 4 bridgehead atoms. The number of hydrogen-bond donors (Lipinski definition) is 1. The number of halogens is 1. The highest BCUT2D eigenvalue weighted by Gasteiger charge is 2.39. The quantitative estimate of drug-likeness (QED) is 0.360. The molecule has 60 heavy (non-hydrogen) atoms. The molecule has 0 amide bonds. The van der Waals surface area contributed by atoms with Gasteiger partial charge in [0.2, 0.25) is 0 Å². The summed E-state index contributed by atoms with van der Waals surface area (Å²) in [4.78, 5) is 16.6. The molecule has 6 nitrogen and oxygen atoms in total. The minimum absolute atomic E-state index is 0. The molecule has 4 unspecified atom stereocenters. The highest BCUT2D eigenvalue weighted by Crippen LogP contribution is 2.31. The van der Waals surface area contributed by atoms with Crippen LogP contribution in [0.1, 0.15) is 43.7 Å². The molecular formula is C31H43ClN6S21Si. The number of aromatic nitrogens is 2. The molecule has 334 valence electrons. The fourth-order valence-corrected chi connectivity index (χ4v) is 53.6. The molecule has 1 N–H and O–H groups in total. The van der Waals surface area contributed by atoms with Crippen LogP contribution in [0, 0.1) is 23.8 Å². The number of terminal acetylenes is 1. The minimum Gasteiger partial charge on any atom is -0.353 e. The fourth-order valence-electron chi connectivity index (χ4n) is 6.44. The van der Waals surface area contributed by atoms with Gasteiger partial charge in [-0.3, -0.25) is 4.90 Å². The van der Waals surface area contributed by atoms with Gasteiger partial charge in [0.05, 0.1) is 0 Å². The Kier molecular flexibility index (Phi) is 31.5. The summed E-state index contributed by atoms with van der Waals surface area (Å²) >= 11 is 9.52. The van der Waals surface area contributed by atoms with E-state index in [-0.39, 0.29) is 12.4 Å². The first kappa shape index (κ1) is 56.4. The van der Waals surface area contributed by atoms with Crippen LogP contribution in [0.2, 0.25) is 19.6 Å². The monoisotopic (exact) mass is 1230 g/mol. The van der Waals surface area contributed by atoms with Crippen LogP contribution in [-0.4, -0.2) is 79.8 Å². The van der Waals surface area contributed by atoms with Crippen molar-refractivity contribution in [2.75, 3.05) is 42.5 Å². The first-order valence-corrected chi connectivity index (χ1v) is 47.7. The van der Waals surface area contributed by atoms with E-state index in [0.29, 0.717) is 24.2 Å². The summed E-state index contributed by atoms with van der Waals surface area (Å²) in [5.41, 5.74) is 5.28. The molecule has 4 atom stereocenters. The first-order chi connectivity index (χ1) is 28.7. The van der Waals surface area contributed by atoms with Crippen molar-refractivity contribution in [3.63, 3.8) is 0 Å². The number of hydrogen-bond acceptors (Lipinski definition) is 8. The third-order valence-corrected chi connectivity index (χ3v) is 49.5. The summed E-state index contributed by atoms with van der Waals surface area (Å²) in [6.07, 6.45) is 14.4. The van der Waals surface area contributed by atoms with E-state index in [2.05, 4.69) is 92.1 Å². The van der Waals surface area contributed by atoms with Crippen molar-refractivity contribution >= 4 is 223 Å². The molecular weight excluding hydrogens is 1190 g/mol. The van der Waals surface area contributed by atoms with Gasteiger partial charge in [-0.15, -0.1) is 24.4 Å². The number of fused-ring (bicyclic) bond motifs is 4. The topological polar surface area (TPSA) is 47.5 Å². The van der Waals surface area contributed by atoms with Gasteiger partial charge in [-0.1, -0.05) is 38.4 Å². The van der Waals surface area contributed by atoms with Crippen LogP contribution < -0.4 is 15.1 Å². The maximum absolute atomic E-state index is 5.36. The van der Waals surface area contributed by atoms with Crippen molar-refractivity contribution in [3.05, 3.63) is 47.8 Å². The average molecular weight is 1240 g/mol. The van der Waals surface area contributed by atoms with Gasteiger partial charge in [0, 0.05) is 265 Å². The molecule has 2 aromatic rings. The summed E-state index contributed by atoms with van der Waals surface area (Å²) in [6, 6.07) is 11.0. The van der Waals surface area contributed by atoms with Crippen LogP contribution in [0.25, 0.3) is 0 Å². The number of anilines is 2. The predicted octanol–water partition coefficient (Wildman–Crippen LogP) is 4.36. The molecule has 2 aromatic heterocycles. The summed E-state index contributed by atoms with van der Waals surface area (Å²) in [5.74, 6) is 8.05. The van der Waals surface area contributed by atoms with E-state index in [0.717, 1.165) is 48.9 Å². The second-order valence-electron chi connectivity index (χ2n) is 13.4. The maximum atomic E-state index is 5.36. The van der Waals surface area contributed by atoms with Crippen LogP contribution in [0.3, 0.4) is 0 Å². The zero-order valence-corrected chi connectivity index (χ0v) is 51.4. The molecule has 6 heterocycles. The Bertz CT molecular complexity index is 2630. The van der Waals surface area contributed by atoms with Crippen molar-refractivity contribution in [1.29, 1.82) is 0 Å². The Morgan fingerprint density at radius 2 is 1.03 bits per heavy atom. The van der Waals surface area contributed by atoms with Gasteiger partial charge in [-0.05, 0) is 56.5 Å². The van der Waals surface area contributed by atoms with Gasteiger partial charge < -0.3 is 15.1 Å². The SMILES string of the molecule is C#Cc1ccc(N2CC3CCC(C2)N3CC)nc1.C[Si](C)(C)C#Cc1ccc(N2CC3CCC(C2)N3)nc1.Cl.S=S=S=S=S=S=S=S=S=S=S=S=S=S=S=S=S=S=S=S=S. The number of rotatable bonds is 3. The number of nitrogens with zero attached hydrogens (tertiary/aromatic N) is 5. The summed E-state index contributed by atoms with van der Waals surface area (Å²) in [6.45, 7) is 14.6. The van der Waals surface area contributed by atoms with Gasteiger partial charge in [-0.2, -0.15) is 0 Å². The Hall–Kier alpha value is 2.07. The zero-order valence-electron chi connectivity index (χ0n) is 32.4. The summed E-state index contributed by atoms with van der Waals surface area (Å²) < 4.78 is 0. The fraction of sp³-hybridized carbons (Fsp3) is 0.548. The highest BCUT2D eigenvalue weighted by molar-refractivity contribution is 8.78. The second-order valence-corrected chi connectivity index (χ2v) is 51.8. The third-order valence-electron chi connectivity index (χ3n) is 8.61. The van der Waals surface area contributed by atoms with Gasteiger partial charge in [0.15, 0.2) is 0 Å². The molecule has 4 fully saturated rings. The Labute approximate surface area is 427 Å². The Morgan fingerprint density at radius 1 is 0.633 bits per heavy atom. The van der Waals surface area contributed by atoms with Crippen molar-refractivity contribution in [2.24, 2.45) is 0 Å². The lowest BCUT2D eigenvalue weighted by molar-refractivity contribution is 0.178. The van der Waals surface area contributed by atoms with Gasteiger partial charge in [0.1, 0.15) is 19.7 Å². The van der Waals surface area contributed by atoms with E-state index < -0.39 is 8.07 Å². The molecule has 4 aliphatic heterocycles. The molecule has 4 saturated heterocycles. The van der Waals surface area contributed by atoms with Gasteiger partial charge in [0.25, 0.3) is 0 Å². The molecule has 0 aliphatic carbocycles. The lowest BCUT2D eigenvalue weighted by Crippen LogP contribution is -2.53. The Morgan fingerprint density at radius 3 is 1.38 bits per heavy atom. The van der Waals surface area contributed by atoms with Crippen LogP contribution in [-0.2, 0) is 191 Å². The van der Waals surface area contributed by atoms with E-state index in [1.807, 2.05) is 12.3 Å². The van der Waals surface area contributed by atoms with E-state index in [4.69, 9.17) is 28.8 Å². The lowest BCUT2D eigenvalue weighted by atomic mass is 10.2. The van der Waals surface area contributed by atoms with Crippen molar-refractivity contribution in [2.45, 2.75) is 76.4 Å². The van der Waals surface area contributed by atoms with Crippen molar-refractivity contribution in [1.82, 2.24) is 20.2 Å². The average Bonchev–Trinajstić information content (AvgIpc) is 3.72. The standard InChI is InChI=1S/C16H23N3Si.C15H19N3.ClH.S21/c1-20(2,3)9-8-13-4-7-16(17-10-13)19-11-14-5-6-15(12-19)18-14;1-3-12-5-8-15(16-9-12)17-10-13-6-7-14(11-17)18(13)4-2;;1-3-5-7-9-11-13-15-17-19-21-20-18-16-14-12-10-8-6-4-2/h4,7,10,14-15,18H,5-6,11-12H2,1-3H3;1,5,8-9,13-14H,4,6-7,10-11H2,2H3;1H;. The largest absolute Gasteiger partial charge is 0.353 e. The molecule has 4 aliphatic rings. The number of nitrogens with one attached hydrogen (secondary N) is 1. The summed E-state index contributed by atoms with van der Waals surface area (Å²) in [5, 5.41) is 3.65. The van der Waals surface area contributed by atoms with Crippen LogP contribution in [0.4, 0.5) is 11.6 Å².